The molecule has 25 heavy (non-hydrogen) atoms. The van der Waals surface area contributed by atoms with Crippen LogP contribution in [0.5, 0.6) is 0 Å². The molecule has 0 radical (unpaired) electrons. The summed E-state index contributed by atoms with van der Waals surface area (Å²) in [7, 11) is 0. The van der Waals surface area contributed by atoms with E-state index in [2.05, 4.69) is 5.32 Å². The second-order valence-corrected chi connectivity index (χ2v) is 8.08. The molecule has 0 spiro atoms. The van der Waals surface area contributed by atoms with Gasteiger partial charge in [-0.15, -0.1) is 11.3 Å². The van der Waals surface area contributed by atoms with Crippen molar-refractivity contribution >= 4 is 56.5 Å². The second-order valence-electron chi connectivity index (χ2n) is 6.22. The second kappa shape index (κ2) is 8.39. The maximum atomic E-state index is 12.3. The Labute approximate surface area is 160 Å². The van der Waals surface area contributed by atoms with Crippen LogP contribution in [0.1, 0.15) is 48.2 Å². The van der Waals surface area contributed by atoms with Gasteiger partial charge in [0.05, 0.1) is 5.02 Å². The fraction of sp³-hybridized carbons (Fsp3) is 0.444. The van der Waals surface area contributed by atoms with Crippen LogP contribution in [0.2, 0.25) is 10.0 Å². The van der Waals surface area contributed by atoms with Gasteiger partial charge in [0.1, 0.15) is 4.88 Å². The zero-order valence-electron chi connectivity index (χ0n) is 13.6. The number of esters is 1. The van der Waals surface area contributed by atoms with E-state index >= 15 is 0 Å². The molecule has 134 valence electrons. The van der Waals surface area contributed by atoms with E-state index in [1.807, 2.05) is 0 Å². The van der Waals surface area contributed by atoms with Gasteiger partial charge in [-0.05, 0) is 25.0 Å². The van der Waals surface area contributed by atoms with Gasteiger partial charge in [-0.2, -0.15) is 0 Å². The van der Waals surface area contributed by atoms with Crippen molar-refractivity contribution in [3.05, 3.63) is 33.1 Å². The first-order chi connectivity index (χ1) is 12.0. The number of halogens is 2. The molecule has 0 bridgehead atoms. The molecule has 1 saturated carbocycles. The lowest BCUT2D eigenvalue weighted by atomic mass is 10.1. The van der Waals surface area contributed by atoms with Gasteiger partial charge >= 0.3 is 5.97 Å². The summed E-state index contributed by atoms with van der Waals surface area (Å²) in [6, 6.07) is 5.43. The molecule has 0 saturated heterocycles. The van der Waals surface area contributed by atoms with Crippen LogP contribution in [0.15, 0.2) is 18.2 Å². The predicted octanol–water partition coefficient (Wildman–Crippen LogP) is 5.20. The number of benzene rings is 1. The minimum atomic E-state index is -0.585. The molecule has 1 heterocycles. The number of thiophene rings is 1. The topological polar surface area (TPSA) is 55.4 Å². The average molecular weight is 400 g/mol. The predicted molar refractivity (Wildman–Crippen MR) is 102 cm³/mol. The van der Waals surface area contributed by atoms with Crippen molar-refractivity contribution in [2.75, 3.05) is 6.61 Å². The Morgan fingerprint density at radius 3 is 2.60 bits per heavy atom. The maximum absolute atomic E-state index is 12.3. The molecule has 1 aliphatic carbocycles. The normalized spacial score (nSPS) is 15.8. The molecule has 1 amide bonds. The van der Waals surface area contributed by atoms with Crippen LogP contribution in [0.3, 0.4) is 0 Å². The number of hydrogen-bond acceptors (Lipinski definition) is 4. The molecule has 4 nitrogen and oxygen atoms in total. The summed E-state index contributed by atoms with van der Waals surface area (Å²) in [6.45, 7) is -0.291. The fourth-order valence-electron chi connectivity index (χ4n) is 3.06. The van der Waals surface area contributed by atoms with Crippen molar-refractivity contribution in [1.29, 1.82) is 0 Å². The summed E-state index contributed by atoms with van der Waals surface area (Å²) in [6.07, 6.45) is 6.67. The molecular formula is C18H19Cl2NO3S. The van der Waals surface area contributed by atoms with Crippen LogP contribution < -0.4 is 5.32 Å². The lowest BCUT2D eigenvalue weighted by Gasteiger charge is -2.15. The zero-order valence-corrected chi connectivity index (χ0v) is 16.0. The largest absolute Gasteiger partial charge is 0.451 e. The highest BCUT2D eigenvalue weighted by Crippen LogP contribution is 2.37. The summed E-state index contributed by atoms with van der Waals surface area (Å²) >= 11 is 13.4. The van der Waals surface area contributed by atoms with E-state index in [9.17, 15) is 9.59 Å². The Hall–Kier alpha value is -1.30. The molecule has 1 aromatic carbocycles. The van der Waals surface area contributed by atoms with Crippen molar-refractivity contribution in [2.24, 2.45) is 0 Å². The standard InChI is InChI=1S/C18H19Cl2NO3S/c19-11-7-8-13-14(9-11)25-17(16(13)20)18(23)24-10-15(22)21-12-5-3-1-2-4-6-12/h7-9,12H,1-6,10H2,(H,21,22). The summed E-state index contributed by atoms with van der Waals surface area (Å²) in [5.74, 6) is -0.848. The molecular weight excluding hydrogens is 381 g/mol. The van der Waals surface area contributed by atoms with Crippen molar-refractivity contribution in [3.8, 4) is 0 Å². The highest BCUT2D eigenvalue weighted by molar-refractivity contribution is 7.21. The molecule has 0 unspecified atom stereocenters. The van der Waals surface area contributed by atoms with Gasteiger partial charge in [0.2, 0.25) is 0 Å². The lowest BCUT2D eigenvalue weighted by Crippen LogP contribution is -2.37. The first-order valence-corrected chi connectivity index (χ1v) is 9.96. The monoisotopic (exact) mass is 399 g/mol. The van der Waals surface area contributed by atoms with Crippen LogP contribution in [-0.2, 0) is 9.53 Å². The van der Waals surface area contributed by atoms with Crippen molar-refractivity contribution < 1.29 is 14.3 Å². The van der Waals surface area contributed by atoms with Crippen LogP contribution in [0, 0.1) is 0 Å². The van der Waals surface area contributed by atoms with Gasteiger partial charge in [-0.25, -0.2) is 4.79 Å². The molecule has 0 atom stereocenters. The van der Waals surface area contributed by atoms with Crippen LogP contribution in [-0.4, -0.2) is 24.5 Å². The minimum absolute atomic E-state index is 0.184. The van der Waals surface area contributed by atoms with E-state index in [-0.39, 0.29) is 18.6 Å². The first kappa shape index (κ1) is 18.5. The third-order valence-corrected chi connectivity index (χ3v) is 6.20. The van der Waals surface area contributed by atoms with Gasteiger partial charge in [0.25, 0.3) is 5.91 Å². The highest BCUT2D eigenvalue weighted by atomic mass is 35.5. The van der Waals surface area contributed by atoms with Crippen molar-refractivity contribution in [3.63, 3.8) is 0 Å². The highest BCUT2D eigenvalue weighted by Gasteiger charge is 2.20. The quantitative estimate of drug-likeness (QED) is 0.567. The van der Waals surface area contributed by atoms with E-state index in [1.54, 1.807) is 18.2 Å². The van der Waals surface area contributed by atoms with E-state index < -0.39 is 5.97 Å². The third kappa shape index (κ3) is 4.66. The SMILES string of the molecule is O=C(COC(=O)c1sc2cc(Cl)ccc2c1Cl)NC1CCCCCC1. The Kier molecular flexibility index (Phi) is 6.20. The number of carbonyl (C=O) groups is 2. The van der Waals surface area contributed by atoms with Crippen molar-refractivity contribution in [1.82, 2.24) is 5.32 Å². The van der Waals surface area contributed by atoms with Crippen LogP contribution in [0.25, 0.3) is 10.1 Å². The molecule has 1 N–H and O–H groups in total. The Morgan fingerprint density at radius 1 is 1.16 bits per heavy atom. The van der Waals surface area contributed by atoms with Crippen LogP contribution in [0.4, 0.5) is 0 Å². The average Bonchev–Trinajstić information content (AvgIpc) is 2.75. The lowest BCUT2D eigenvalue weighted by molar-refractivity contribution is -0.125. The number of carbonyl (C=O) groups excluding carboxylic acids is 2. The molecule has 7 heteroatoms. The first-order valence-electron chi connectivity index (χ1n) is 8.38. The van der Waals surface area contributed by atoms with Crippen LogP contribution >= 0.6 is 34.5 Å². The summed E-state index contributed by atoms with van der Waals surface area (Å²) < 4.78 is 5.96. The molecule has 2 aromatic rings. The van der Waals surface area contributed by atoms with E-state index in [0.29, 0.717) is 14.9 Å². The Bertz CT molecular complexity index is 782. The zero-order chi connectivity index (χ0) is 17.8. The van der Waals surface area contributed by atoms with E-state index in [1.165, 1.54) is 24.2 Å². The molecule has 1 aromatic heterocycles. The minimum Gasteiger partial charge on any atom is -0.451 e. The van der Waals surface area contributed by atoms with E-state index in [4.69, 9.17) is 27.9 Å². The Balaban J connectivity index is 1.58. The van der Waals surface area contributed by atoms with Gasteiger partial charge in [0.15, 0.2) is 6.61 Å². The number of hydrogen-bond donors (Lipinski definition) is 1. The van der Waals surface area contributed by atoms with Crippen molar-refractivity contribution in [2.45, 2.75) is 44.6 Å². The fourth-order valence-corrected chi connectivity index (χ4v) is 4.74. The summed E-state index contributed by atoms with van der Waals surface area (Å²) in [5.41, 5.74) is 0. The molecule has 1 fully saturated rings. The number of fused-ring (bicyclic) bond motifs is 1. The molecule has 0 aliphatic heterocycles. The van der Waals surface area contributed by atoms with Gasteiger partial charge in [-0.3, -0.25) is 4.79 Å². The smallest absolute Gasteiger partial charge is 0.350 e. The van der Waals surface area contributed by atoms with Gasteiger partial charge < -0.3 is 10.1 Å². The summed E-state index contributed by atoms with van der Waals surface area (Å²) in [4.78, 5) is 24.6. The maximum Gasteiger partial charge on any atom is 0.350 e. The molecule has 1 aliphatic rings. The van der Waals surface area contributed by atoms with Gasteiger partial charge in [-0.1, -0.05) is 55.0 Å². The number of amides is 1. The number of nitrogens with one attached hydrogen (secondary N) is 1. The third-order valence-electron chi connectivity index (χ3n) is 4.33. The number of rotatable bonds is 4. The van der Waals surface area contributed by atoms with E-state index in [0.717, 1.165) is 35.8 Å². The molecule has 3 rings (SSSR count). The Morgan fingerprint density at radius 2 is 1.88 bits per heavy atom. The summed E-state index contributed by atoms with van der Waals surface area (Å²) in [5, 5.41) is 4.62. The van der Waals surface area contributed by atoms with Gasteiger partial charge in [0, 0.05) is 21.2 Å². The number of ether oxygens (including phenoxy) is 1.